The van der Waals surface area contributed by atoms with Crippen LogP contribution in [-0.2, 0) is 9.53 Å². The Kier molecular flexibility index (Phi) is 5.42. The van der Waals surface area contributed by atoms with Gasteiger partial charge in [-0.25, -0.2) is 0 Å². The predicted molar refractivity (Wildman–Crippen MR) is 77.0 cm³/mol. The van der Waals surface area contributed by atoms with Crippen molar-refractivity contribution in [1.29, 1.82) is 5.26 Å². The third-order valence-electron chi connectivity index (χ3n) is 4.70. The Bertz CT molecular complexity index is 361. The summed E-state index contributed by atoms with van der Waals surface area (Å²) in [6, 6.07) is 2.36. The Hall–Kier alpha value is -1.08. The van der Waals surface area contributed by atoms with Gasteiger partial charge in [-0.2, -0.15) is 5.26 Å². The molecule has 4 nitrogen and oxygen atoms in total. The highest BCUT2D eigenvalue weighted by atomic mass is 16.5. The Morgan fingerprint density at radius 2 is 2.00 bits per heavy atom. The molecule has 1 heterocycles. The molecule has 2 aliphatic rings. The molecule has 1 aliphatic carbocycles. The lowest BCUT2D eigenvalue weighted by Crippen LogP contribution is -2.46. The second-order valence-electron chi connectivity index (χ2n) is 6.09. The third kappa shape index (κ3) is 3.32. The van der Waals surface area contributed by atoms with Crippen molar-refractivity contribution in [1.82, 2.24) is 4.90 Å². The molecule has 1 aliphatic heterocycles. The third-order valence-corrected chi connectivity index (χ3v) is 4.70. The van der Waals surface area contributed by atoms with E-state index >= 15 is 0 Å². The fourth-order valence-electron chi connectivity index (χ4n) is 3.40. The summed E-state index contributed by atoms with van der Waals surface area (Å²) in [4.78, 5) is 14.7. The Morgan fingerprint density at radius 3 is 2.50 bits per heavy atom. The van der Waals surface area contributed by atoms with Crippen LogP contribution in [0, 0.1) is 16.7 Å². The first-order valence-corrected chi connectivity index (χ1v) is 8.04. The molecular weight excluding hydrogens is 252 g/mol. The van der Waals surface area contributed by atoms with Crippen LogP contribution in [-0.4, -0.2) is 36.6 Å². The van der Waals surface area contributed by atoms with Gasteiger partial charge in [-0.05, 0) is 32.6 Å². The van der Waals surface area contributed by atoms with Crippen molar-refractivity contribution in [2.75, 3.05) is 19.7 Å². The lowest BCUT2D eigenvalue weighted by molar-refractivity contribution is -0.141. The van der Waals surface area contributed by atoms with Crippen LogP contribution in [0.1, 0.15) is 58.3 Å². The van der Waals surface area contributed by atoms with Crippen LogP contribution in [0.2, 0.25) is 0 Å². The van der Waals surface area contributed by atoms with Gasteiger partial charge in [0, 0.05) is 19.7 Å². The number of hydrogen-bond donors (Lipinski definition) is 0. The summed E-state index contributed by atoms with van der Waals surface area (Å²) in [6.07, 6.45) is 8.02. The molecule has 0 aromatic heterocycles. The van der Waals surface area contributed by atoms with E-state index < -0.39 is 5.41 Å². The Balaban J connectivity index is 2.06. The van der Waals surface area contributed by atoms with E-state index in [-0.39, 0.29) is 12.0 Å². The maximum atomic E-state index is 12.9. The average molecular weight is 278 g/mol. The Labute approximate surface area is 122 Å². The van der Waals surface area contributed by atoms with Gasteiger partial charge in [0.25, 0.3) is 0 Å². The summed E-state index contributed by atoms with van der Waals surface area (Å²) >= 11 is 0. The van der Waals surface area contributed by atoms with Crippen LogP contribution >= 0.6 is 0 Å². The molecule has 20 heavy (non-hydrogen) atoms. The first-order chi connectivity index (χ1) is 9.72. The van der Waals surface area contributed by atoms with E-state index in [2.05, 4.69) is 6.07 Å². The van der Waals surface area contributed by atoms with Gasteiger partial charge in [-0.15, -0.1) is 0 Å². The molecule has 2 fully saturated rings. The molecular formula is C16H26N2O2. The highest BCUT2D eigenvalue weighted by molar-refractivity contribution is 5.85. The minimum Gasteiger partial charge on any atom is -0.376 e. The minimum atomic E-state index is -0.773. The number of ether oxygens (including phenoxy) is 1. The van der Waals surface area contributed by atoms with Crippen molar-refractivity contribution in [2.45, 2.75) is 64.4 Å². The largest absolute Gasteiger partial charge is 0.376 e. The van der Waals surface area contributed by atoms with Gasteiger partial charge in [0.1, 0.15) is 5.41 Å². The predicted octanol–water partition coefficient (Wildman–Crippen LogP) is 2.88. The van der Waals surface area contributed by atoms with Crippen LogP contribution in [0.15, 0.2) is 0 Å². The van der Waals surface area contributed by atoms with Crippen LogP contribution in [0.25, 0.3) is 0 Å². The number of hydrogen-bond acceptors (Lipinski definition) is 3. The minimum absolute atomic E-state index is 0.0416. The SMILES string of the molecule is CCN(CC1CCCO1)C(=O)C1(C#N)CCCCCC1. The molecule has 1 unspecified atom stereocenters. The fraction of sp³-hybridized carbons (Fsp3) is 0.875. The van der Waals surface area contributed by atoms with Gasteiger partial charge >= 0.3 is 0 Å². The van der Waals surface area contributed by atoms with Crippen molar-refractivity contribution < 1.29 is 9.53 Å². The second kappa shape index (κ2) is 7.08. The van der Waals surface area contributed by atoms with Crippen molar-refractivity contribution in [3.05, 3.63) is 0 Å². The van der Waals surface area contributed by atoms with Crippen molar-refractivity contribution in [2.24, 2.45) is 5.41 Å². The molecule has 1 saturated carbocycles. The number of likely N-dealkylation sites (N-methyl/N-ethyl adjacent to an activating group) is 1. The molecule has 2 rings (SSSR count). The summed E-state index contributed by atoms with van der Waals surface area (Å²) in [5.74, 6) is 0.0416. The molecule has 1 saturated heterocycles. The topological polar surface area (TPSA) is 53.3 Å². The van der Waals surface area contributed by atoms with E-state index in [1.807, 2.05) is 11.8 Å². The first kappa shape index (κ1) is 15.3. The smallest absolute Gasteiger partial charge is 0.243 e. The standard InChI is InChI=1S/C16H26N2O2/c1-2-18(12-14-8-7-11-20-14)15(19)16(13-17)9-5-3-4-6-10-16/h14H,2-12H2,1H3. The molecule has 0 spiro atoms. The monoisotopic (exact) mass is 278 g/mol. The number of amides is 1. The molecule has 0 aromatic carbocycles. The molecule has 1 amide bonds. The van der Waals surface area contributed by atoms with Gasteiger partial charge < -0.3 is 9.64 Å². The quantitative estimate of drug-likeness (QED) is 0.743. The highest BCUT2D eigenvalue weighted by Gasteiger charge is 2.41. The number of nitrogens with zero attached hydrogens (tertiary/aromatic N) is 2. The first-order valence-electron chi connectivity index (χ1n) is 8.04. The van der Waals surface area contributed by atoms with Crippen LogP contribution < -0.4 is 0 Å². The zero-order valence-electron chi connectivity index (χ0n) is 12.6. The van der Waals surface area contributed by atoms with E-state index in [4.69, 9.17) is 4.74 Å². The van der Waals surface area contributed by atoms with E-state index in [1.165, 1.54) is 0 Å². The zero-order chi connectivity index (χ0) is 14.4. The van der Waals surface area contributed by atoms with Crippen LogP contribution in [0.5, 0.6) is 0 Å². The summed E-state index contributed by atoms with van der Waals surface area (Å²) in [6.45, 7) is 4.12. The van der Waals surface area contributed by atoms with Crippen LogP contribution in [0.4, 0.5) is 0 Å². The number of rotatable bonds is 4. The maximum Gasteiger partial charge on any atom is 0.243 e. The zero-order valence-corrected chi connectivity index (χ0v) is 12.6. The van der Waals surface area contributed by atoms with Gasteiger partial charge in [0.2, 0.25) is 5.91 Å². The molecule has 1 atom stereocenters. The van der Waals surface area contributed by atoms with E-state index in [0.717, 1.165) is 58.0 Å². The maximum absolute atomic E-state index is 12.9. The highest BCUT2D eigenvalue weighted by Crippen LogP contribution is 2.36. The van der Waals surface area contributed by atoms with E-state index in [1.54, 1.807) is 0 Å². The van der Waals surface area contributed by atoms with Crippen molar-refractivity contribution in [3.8, 4) is 6.07 Å². The van der Waals surface area contributed by atoms with Gasteiger partial charge in [-0.3, -0.25) is 4.79 Å². The summed E-state index contributed by atoms with van der Waals surface area (Å²) in [5.41, 5.74) is -0.773. The molecule has 0 bridgehead atoms. The number of nitriles is 1. The van der Waals surface area contributed by atoms with Gasteiger partial charge in [-0.1, -0.05) is 25.7 Å². The van der Waals surface area contributed by atoms with Gasteiger partial charge in [0.15, 0.2) is 0 Å². The number of carbonyl (C=O) groups excluding carboxylic acids is 1. The average Bonchev–Trinajstić information content (AvgIpc) is 2.86. The summed E-state index contributed by atoms with van der Waals surface area (Å²) in [7, 11) is 0. The molecule has 0 N–H and O–H groups in total. The number of carbonyl (C=O) groups is 1. The second-order valence-corrected chi connectivity index (χ2v) is 6.09. The molecule has 0 aromatic rings. The van der Waals surface area contributed by atoms with Gasteiger partial charge in [0.05, 0.1) is 12.2 Å². The Morgan fingerprint density at radius 1 is 1.30 bits per heavy atom. The lowest BCUT2D eigenvalue weighted by atomic mass is 9.80. The van der Waals surface area contributed by atoms with Crippen molar-refractivity contribution in [3.63, 3.8) is 0 Å². The van der Waals surface area contributed by atoms with Crippen LogP contribution in [0.3, 0.4) is 0 Å². The molecule has 112 valence electrons. The normalized spacial score (nSPS) is 25.7. The van der Waals surface area contributed by atoms with Crippen molar-refractivity contribution >= 4 is 5.91 Å². The summed E-state index contributed by atoms with van der Waals surface area (Å²) < 4.78 is 5.64. The molecule has 0 radical (unpaired) electrons. The molecule has 4 heteroatoms. The summed E-state index contributed by atoms with van der Waals surface area (Å²) in [5, 5.41) is 9.61. The fourth-order valence-corrected chi connectivity index (χ4v) is 3.40. The lowest BCUT2D eigenvalue weighted by Gasteiger charge is -2.32. The van der Waals surface area contributed by atoms with E-state index in [0.29, 0.717) is 13.1 Å². The van der Waals surface area contributed by atoms with E-state index in [9.17, 15) is 10.1 Å².